The van der Waals surface area contributed by atoms with Crippen molar-refractivity contribution < 1.29 is 0 Å². The van der Waals surface area contributed by atoms with Gasteiger partial charge in [-0.3, -0.25) is 9.36 Å². The molecule has 0 N–H and O–H groups in total. The van der Waals surface area contributed by atoms with Gasteiger partial charge in [0.15, 0.2) is 0 Å². The predicted molar refractivity (Wildman–Crippen MR) is 110 cm³/mol. The van der Waals surface area contributed by atoms with Crippen LogP contribution < -0.4 is 5.56 Å². The van der Waals surface area contributed by atoms with E-state index in [1.54, 1.807) is 22.9 Å². The van der Waals surface area contributed by atoms with Gasteiger partial charge in [-0.2, -0.15) is 0 Å². The lowest BCUT2D eigenvalue weighted by atomic mass is 10.0. The SMILES string of the molecule is O=c1ccc(N=C(c2ccccc2)c2ccccc2)cn1-c1ccccc1. The largest absolute Gasteiger partial charge is 0.282 e. The second-order valence-electron chi connectivity index (χ2n) is 6.12. The quantitative estimate of drug-likeness (QED) is 0.477. The van der Waals surface area contributed by atoms with Crippen LogP contribution in [0.1, 0.15) is 11.1 Å². The molecule has 3 aromatic carbocycles. The molecule has 0 saturated heterocycles. The molecule has 0 fully saturated rings. The van der Waals surface area contributed by atoms with Crippen molar-refractivity contribution in [1.29, 1.82) is 0 Å². The lowest BCUT2D eigenvalue weighted by Crippen LogP contribution is -2.15. The Bertz CT molecular complexity index is 1070. The lowest BCUT2D eigenvalue weighted by Gasteiger charge is -2.09. The van der Waals surface area contributed by atoms with E-state index in [-0.39, 0.29) is 5.56 Å². The van der Waals surface area contributed by atoms with Gasteiger partial charge in [0.25, 0.3) is 5.56 Å². The fourth-order valence-corrected chi connectivity index (χ4v) is 2.95. The number of rotatable bonds is 4. The van der Waals surface area contributed by atoms with Gasteiger partial charge < -0.3 is 0 Å². The Morgan fingerprint density at radius 1 is 0.630 bits per heavy atom. The Balaban J connectivity index is 1.85. The Labute approximate surface area is 157 Å². The second kappa shape index (κ2) is 7.67. The Morgan fingerprint density at radius 2 is 1.15 bits per heavy atom. The predicted octanol–water partition coefficient (Wildman–Crippen LogP) is 5.01. The summed E-state index contributed by atoms with van der Waals surface area (Å²) in [5.41, 5.74) is 4.39. The van der Waals surface area contributed by atoms with E-state index in [0.29, 0.717) is 0 Å². The molecule has 1 heterocycles. The minimum Gasteiger partial charge on any atom is -0.282 e. The van der Waals surface area contributed by atoms with Crippen molar-refractivity contribution in [2.45, 2.75) is 0 Å². The first-order valence-corrected chi connectivity index (χ1v) is 8.79. The van der Waals surface area contributed by atoms with Crippen LogP contribution in [0.2, 0.25) is 0 Å². The molecular formula is C24H18N2O. The molecule has 0 radical (unpaired) electrons. The fourth-order valence-electron chi connectivity index (χ4n) is 2.95. The topological polar surface area (TPSA) is 34.4 Å². The zero-order valence-electron chi connectivity index (χ0n) is 14.7. The van der Waals surface area contributed by atoms with Crippen LogP contribution in [0.4, 0.5) is 5.69 Å². The van der Waals surface area contributed by atoms with E-state index in [9.17, 15) is 4.79 Å². The van der Waals surface area contributed by atoms with Crippen LogP contribution in [0, 0.1) is 0 Å². The van der Waals surface area contributed by atoms with E-state index >= 15 is 0 Å². The molecule has 130 valence electrons. The lowest BCUT2D eigenvalue weighted by molar-refractivity contribution is 0.989. The van der Waals surface area contributed by atoms with Gasteiger partial charge in [-0.1, -0.05) is 78.9 Å². The number of hydrogen-bond donors (Lipinski definition) is 0. The maximum Gasteiger partial charge on any atom is 0.255 e. The Kier molecular flexibility index (Phi) is 4.75. The molecule has 3 nitrogen and oxygen atoms in total. The zero-order chi connectivity index (χ0) is 18.5. The average molecular weight is 350 g/mol. The van der Waals surface area contributed by atoms with Crippen LogP contribution in [0.15, 0.2) is 119 Å². The van der Waals surface area contributed by atoms with Crippen molar-refractivity contribution >= 4 is 11.4 Å². The second-order valence-corrected chi connectivity index (χ2v) is 6.12. The molecule has 0 atom stereocenters. The molecule has 27 heavy (non-hydrogen) atoms. The Hall–Kier alpha value is -3.72. The molecule has 3 heteroatoms. The first-order valence-electron chi connectivity index (χ1n) is 8.79. The first-order chi connectivity index (χ1) is 13.3. The number of aliphatic imine (C=N–C) groups is 1. The summed E-state index contributed by atoms with van der Waals surface area (Å²) in [4.78, 5) is 17.2. The minimum absolute atomic E-state index is 0.0823. The summed E-state index contributed by atoms with van der Waals surface area (Å²) in [5.74, 6) is 0. The number of hydrogen-bond acceptors (Lipinski definition) is 2. The summed E-state index contributed by atoms with van der Waals surface area (Å²) in [6.45, 7) is 0. The van der Waals surface area contributed by atoms with Gasteiger partial charge >= 0.3 is 0 Å². The van der Waals surface area contributed by atoms with E-state index in [1.165, 1.54) is 0 Å². The summed E-state index contributed by atoms with van der Waals surface area (Å²) in [7, 11) is 0. The third-order valence-corrected chi connectivity index (χ3v) is 4.27. The summed E-state index contributed by atoms with van der Waals surface area (Å²) < 4.78 is 1.62. The highest BCUT2D eigenvalue weighted by Gasteiger charge is 2.08. The van der Waals surface area contributed by atoms with Gasteiger partial charge in [0.05, 0.1) is 11.4 Å². The molecule has 0 aliphatic heterocycles. The zero-order valence-corrected chi connectivity index (χ0v) is 14.7. The molecule has 0 aliphatic carbocycles. The van der Waals surface area contributed by atoms with E-state index in [0.717, 1.165) is 28.2 Å². The number of pyridine rings is 1. The minimum atomic E-state index is -0.0823. The number of benzene rings is 3. The van der Waals surface area contributed by atoms with E-state index in [4.69, 9.17) is 4.99 Å². The van der Waals surface area contributed by atoms with Crippen LogP contribution >= 0.6 is 0 Å². The van der Waals surface area contributed by atoms with Crippen LogP contribution in [-0.4, -0.2) is 10.3 Å². The third-order valence-electron chi connectivity index (χ3n) is 4.27. The summed E-state index contributed by atoms with van der Waals surface area (Å²) >= 11 is 0. The number of aromatic nitrogens is 1. The van der Waals surface area contributed by atoms with Crippen LogP contribution in [-0.2, 0) is 0 Å². The van der Waals surface area contributed by atoms with Crippen molar-refractivity contribution in [3.05, 3.63) is 131 Å². The molecule has 0 unspecified atom stereocenters. The molecule has 1 aromatic heterocycles. The maximum absolute atomic E-state index is 12.3. The monoisotopic (exact) mass is 350 g/mol. The smallest absolute Gasteiger partial charge is 0.255 e. The van der Waals surface area contributed by atoms with E-state index in [2.05, 4.69) is 0 Å². The van der Waals surface area contributed by atoms with E-state index < -0.39 is 0 Å². The highest BCUT2D eigenvalue weighted by molar-refractivity contribution is 6.13. The van der Waals surface area contributed by atoms with Crippen molar-refractivity contribution in [3.8, 4) is 5.69 Å². The van der Waals surface area contributed by atoms with Gasteiger partial charge in [-0.15, -0.1) is 0 Å². The van der Waals surface area contributed by atoms with Crippen LogP contribution in [0.3, 0.4) is 0 Å². The molecular weight excluding hydrogens is 332 g/mol. The maximum atomic E-state index is 12.3. The first kappa shape index (κ1) is 16.7. The summed E-state index contributed by atoms with van der Waals surface area (Å²) in [6, 6.07) is 33.0. The van der Waals surface area contributed by atoms with Crippen molar-refractivity contribution in [3.63, 3.8) is 0 Å². The van der Waals surface area contributed by atoms with E-state index in [1.807, 2.05) is 91.0 Å². The molecule has 4 rings (SSSR count). The molecule has 0 amide bonds. The van der Waals surface area contributed by atoms with Crippen molar-refractivity contribution in [2.24, 2.45) is 4.99 Å². The van der Waals surface area contributed by atoms with Crippen molar-refractivity contribution in [2.75, 3.05) is 0 Å². The van der Waals surface area contributed by atoms with Gasteiger partial charge in [0, 0.05) is 29.1 Å². The number of para-hydroxylation sites is 1. The highest BCUT2D eigenvalue weighted by Crippen LogP contribution is 2.18. The average Bonchev–Trinajstić information content (AvgIpc) is 2.75. The van der Waals surface area contributed by atoms with Gasteiger partial charge in [0.2, 0.25) is 0 Å². The number of nitrogens with zero attached hydrogens (tertiary/aromatic N) is 2. The standard InChI is InChI=1S/C24H18N2O/c27-23-17-16-21(18-26(23)22-14-8-3-9-15-22)25-24(19-10-4-1-5-11-19)20-12-6-2-7-13-20/h1-18H. The molecule has 0 bridgehead atoms. The highest BCUT2D eigenvalue weighted by atomic mass is 16.1. The van der Waals surface area contributed by atoms with Crippen LogP contribution in [0.25, 0.3) is 5.69 Å². The summed E-state index contributed by atoms with van der Waals surface area (Å²) in [6.07, 6.45) is 1.78. The molecule has 4 aromatic rings. The molecule has 0 spiro atoms. The van der Waals surface area contributed by atoms with Gasteiger partial charge in [-0.05, 0) is 18.2 Å². The van der Waals surface area contributed by atoms with Crippen molar-refractivity contribution in [1.82, 2.24) is 4.57 Å². The van der Waals surface area contributed by atoms with Gasteiger partial charge in [-0.25, -0.2) is 4.99 Å². The molecule has 0 saturated carbocycles. The van der Waals surface area contributed by atoms with Crippen LogP contribution in [0.5, 0.6) is 0 Å². The Morgan fingerprint density at radius 3 is 1.70 bits per heavy atom. The normalized spacial score (nSPS) is 10.4. The summed E-state index contributed by atoms with van der Waals surface area (Å²) in [5, 5.41) is 0. The third kappa shape index (κ3) is 3.77. The fraction of sp³-hybridized carbons (Fsp3) is 0. The molecule has 0 aliphatic rings. The van der Waals surface area contributed by atoms with Gasteiger partial charge in [0.1, 0.15) is 0 Å².